The summed E-state index contributed by atoms with van der Waals surface area (Å²) in [6, 6.07) is 33.5. The fourth-order valence-electron chi connectivity index (χ4n) is 14.6. The molecule has 9 aromatic rings. The van der Waals surface area contributed by atoms with Gasteiger partial charge in [0.15, 0.2) is 11.6 Å². The minimum absolute atomic E-state index is 0.0364. The molecule has 0 spiro atoms. The lowest BCUT2D eigenvalue weighted by Crippen LogP contribution is -2.45. The van der Waals surface area contributed by atoms with Crippen LogP contribution in [0.15, 0.2) is 128 Å². The van der Waals surface area contributed by atoms with E-state index in [0.29, 0.717) is 138 Å². The number of halogens is 9. The molecule has 0 unspecified atom stereocenters. The summed E-state index contributed by atoms with van der Waals surface area (Å²) in [5.41, 5.74) is 3.00. The van der Waals surface area contributed by atoms with E-state index in [2.05, 4.69) is 84.5 Å². The van der Waals surface area contributed by atoms with Crippen molar-refractivity contribution >= 4 is 34.1 Å². The molecule has 0 amide bonds. The second-order valence-electron chi connectivity index (χ2n) is 36.6. The molecule has 3 aliphatic rings. The number of aromatic nitrogens is 12. The van der Waals surface area contributed by atoms with Crippen LogP contribution in [0, 0.1) is 16.2 Å². The van der Waals surface area contributed by atoms with E-state index < -0.39 is 85.6 Å². The van der Waals surface area contributed by atoms with Crippen LogP contribution in [0.3, 0.4) is 0 Å². The summed E-state index contributed by atoms with van der Waals surface area (Å²) in [5.74, 6) is -3.14. The van der Waals surface area contributed by atoms with E-state index in [0.717, 1.165) is 54.8 Å². The zero-order valence-electron chi connectivity index (χ0n) is 73.8. The van der Waals surface area contributed by atoms with Crippen LogP contribution < -0.4 is 18.9 Å². The molecule has 26 nitrogen and oxygen atoms in total. The third-order valence-electron chi connectivity index (χ3n) is 21.6. The van der Waals surface area contributed by atoms with Crippen LogP contribution in [-0.4, -0.2) is 178 Å². The number of alkyl halides is 9. The number of carbonyl (C=O) groups is 3. The lowest BCUT2D eigenvalue weighted by molar-refractivity contribution is -0.796. The number of hydrogen-bond acceptors (Lipinski definition) is 21. The largest absolute Gasteiger partial charge is 0.501 e. The average molecular weight is 1800 g/mol. The number of H-pyrrole nitrogens is 2. The Kier molecular flexibility index (Phi) is 32.2. The van der Waals surface area contributed by atoms with Gasteiger partial charge >= 0.3 is 42.3 Å². The monoisotopic (exact) mass is 1800 g/mol. The molecule has 6 aromatic heterocycles. The van der Waals surface area contributed by atoms with Crippen LogP contribution in [0.25, 0.3) is 67.5 Å². The van der Waals surface area contributed by atoms with E-state index in [1.807, 2.05) is 77.0 Å². The van der Waals surface area contributed by atoms with Crippen LogP contribution >= 0.6 is 0 Å². The van der Waals surface area contributed by atoms with E-state index in [-0.39, 0.29) is 67.8 Å². The number of benzene rings is 3. The maximum atomic E-state index is 13.7. The first kappa shape index (κ1) is 98.1. The van der Waals surface area contributed by atoms with Crippen molar-refractivity contribution in [3.63, 3.8) is 0 Å². The number of nitrogens with one attached hydrogen (secondary N) is 2. The molecule has 12 rings (SSSR count). The number of pyridine rings is 3. The summed E-state index contributed by atoms with van der Waals surface area (Å²) >= 11 is 0. The van der Waals surface area contributed by atoms with Gasteiger partial charge in [-0.25, -0.2) is 29.6 Å². The molecule has 0 saturated heterocycles. The molecule has 0 aliphatic heterocycles. The summed E-state index contributed by atoms with van der Waals surface area (Å²) in [4.78, 5) is 62.1. The molecule has 3 saturated carbocycles. The Labute approximate surface area is 729 Å². The third kappa shape index (κ3) is 27.7. The third-order valence-corrected chi connectivity index (χ3v) is 25.0. The first-order valence-corrected chi connectivity index (χ1v) is 49.2. The fourth-order valence-corrected chi connectivity index (χ4v) is 16.1. The molecule has 3 N–H and O–H groups in total. The number of nitrogens with zero attached hydrogens (tertiary/aromatic N) is 10. The Morgan fingerprint density at radius 1 is 0.476 bits per heavy atom. The maximum absolute atomic E-state index is 13.7. The molecule has 3 fully saturated rings. The van der Waals surface area contributed by atoms with E-state index in [1.165, 1.54) is 7.11 Å². The molecule has 684 valence electrons. The summed E-state index contributed by atoms with van der Waals surface area (Å²) in [5, 5.41) is 21.5. The Morgan fingerprint density at radius 3 is 1.20 bits per heavy atom. The zero-order chi connectivity index (χ0) is 91.9. The minimum Gasteiger partial charge on any atom is -0.481 e. The van der Waals surface area contributed by atoms with E-state index in [1.54, 1.807) is 112 Å². The van der Waals surface area contributed by atoms with Gasteiger partial charge in [-0.1, -0.05) is 99.9 Å². The first-order chi connectivity index (χ1) is 59.2. The SMILES string of the molecule is COCC1(C(=O)O)CCC(Oc2ccc(-c3ccc(-c4n[nH]c(C(F)(F)F)n4)cc3)cn2)CC1.COCC1(C(=O)OC(C)(C)C)CCC(Oc2ccc(-c3ccc(-c4nc(C(F)(F)F)[n+](COCC[Si](C)(C)C)[nH]4)cc3)cn2)CC1.COCC1(C(=O)OC(C)(C)C)CCC(Oc2ccc(-c3ccc(-c4nc(C(F)(F)F)nn4COCC[Si](C)(C)C)cc3)cn2)CC1. The number of hydrogen-bond donors (Lipinski definition) is 3. The van der Waals surface area contributed by atoms with E-state index in [4.69, 9.17) is 47.4 Å². The lowest BCUT2D eigenvalue weighted by atomic mass is 9.73. The Balaban J connectivity index is 0.000000200. The van der Waals surface area contributed by atoms with Crippen molar-refractivity contribution in [1.29, 1.82) is 0 Å². The first-order valence-electron chi connectivity index (χ1n) is 41.8. The van der Waals surface area contributed by atoms with Crippen molar-refractivity contribution in [2.45, 2.75) is 231 Å². The van der Waals surface area contributed by atoms with Crippen LogP contribution in [0.2, 0.25) is 51.4 Å². The van der Waals surface area contributed by atoms with Crippen molar-refractivity contribution < 1.29 is 111 Å². The van der Waals surface area contributed by atoms with Crippen LogP contribution in [0.5, 0.6) is 17.6 Å². The van der Waals surface area contributed by atoms with Gasteiger partial charge in [-0.2, -0.15) is 49.7 Å². The van der Waals surface area contributed by atoms with Crippen molar-refractivity contribution in [2.75, 3.05) is 54.4 Å². The van der Waals surface area contributed by atoms with Crippen molar-refractivity contribution in [1.82, 2.24) is 55.0 Å². The number of carbonyl (C=O) groups excluding carboxylic acids is 2. The maximum Gasteiger partial charge on any atom is 0.501 e. The van der Waals surface area contributed by atoms with E-state index in [9.17, 15) is 59.0 Å². The normalized spacial score (nSPS) is 19.6. The molecule has 3 aliphatic carbocycles. The molecule has 126 heavy (non-hydrogen) atoms. The molecular weight excluding hydrogens is 1690 g/mol. The molecule has 6 heterocycles. The van der Waals surface area contributed by atoms with Gasteiger partial charge in [0.1, 0.15) is 36.2 Å². The lowest BCUT2D eigenvalue weighted by Gasteiger charge is -2.39. The van der Waals surface area contributed by atoms with Crippen molar-refractivity contribution in [2.24, 2.45) is 16.2 Å². The Morgan fingerprint density at radius 2 is 0.849 bits per heavy atom. The predicted molar refractivity (Wildman–Crippen MR) is 455 cm³/mol. The predicted octanol–water partition coefficient (Wildman–Crippen LogP) is 19.3. The molecule has 37 heteroatoms. The van der Waals surface area contributed by atoms with Gasteiger partial charge in [0.2, 0.25) is 30.2 Å². The van der Waals surface area contributed by atoms with Crippen LogP contribution in [0.4, 0.5) is 39.5 Å². The highest BCUT2D eigenvalue weighted by Gasteiger charge is 2.50. The number of carboxylic acid groups (broad SMARTS) is 1. The van der Waals surface area contributed by atoms with E-state index >= 15 is 0 Å². The summed E-state index contributed by atoms with van der Waals surface area (Å²) in [6.45, 7) is 25.6. The Hall–Kier alpha value is -10.1. The highest BCUT2D eigenvalue weighted by atomic mass is 28.3. The van der Waals surface area contributed by atoms with Crippen LogP contribution in [0.1, 0.15) is 136 Å². The number of methoxy groups -OCH3 is 3. The standard InChI is InChI=1S/2C33H45F3N4O5Si.C23H23F3N4O4/c1-31(2,3)45-30(41)32(21-42-4)16-14-26(15-17-32)44-27-13-12-25(20-37-27)23-8-10-24(11-9-23)28-38-29(33(34,35)36)39-40(28)22-43-18-19-46(5,6)7;1-31(2,3)45-30(41)32(21-42-4)16-14-26(15-17-32)44-27-13-12-25(20-37-27)23-8-10-24(11-9-23)28-38-29(33(34,35)36)40(39-28)22-43-18-19-46(5,6)7;1-33-13-22(21(31)32)10-8-17(9-11-22)34-18-7-6-16(12-27-18)14-2-4-15(5-3-14)19-28-20(30-29-19)23(24,25)26/h2*8-13,20,26H,14-19,21-22H2,1-7H3;2-7,12,17H,8-11,13H2,1H3,(H,31,32)(H,28,29,30)/p+1. The van der Waals surface area contributed by atoms with Gasteiger partial charge < -0.3 is 52.5 Å². The number of aromatic amines is 2. The number of carboxylic acids is 1. The van der Waals surface area contributed by atoms with Gasteiger partial charge in [-0.3, -0.25) is 19.5 Å². The summed E-state index contributed by atoms with van der Waals surface area (Å²) in [6.07, 6.45) is -1.98. The van der Waals surface area contributed by atoms with Gasteiger partial charge in [-0.05, 0) is 183 Å². The summed E-state index contributed by atoms with van der Waals surface area (Å²) in [7, 11) is 1.97. The second-order valence-corrected chi connectivity index (χ2v) is 47.8. The zero-order valence-corrected chi connectivity index (χ0v) is 75.8. The summed E-state index contributed by atoms with van der Waals surface area (Å²) < 4.78 is 178. The van der Waals surface area contributed by atoms with Gasteiger partial charge in [0.25, 0.3) is 11.6 Å². The fraction of sp³-hybridized carbons (Fsp3) is 0.528. The molecule has 0 radical (unpaired) electrons. The smallest absolute Gasteiger partial charge is 0.481 e. The van der Waals surface area contributed by atoms with Gasteiger partial charge in [-0.15, -0.1) is 9.78 Å². The van der Waals surface area contributed by atoms with Gasteiger partial charge in [0, 0.05) is 121 Å². The number of aliphatic carboxylic acids is 1. The Bertz CT molecular complexity index is 4990. The topological polar surface area (TPSA) is 307 Å². The minimum atomic E-state index is -4.67. The highest BCUT2D eigenvalue weighted by molar-refractivity contribution is 6.76. The quantitative estimate of drug-likeness (QED) is 0.0119. The molecule has 3 aromatic carbocycles. The average Bonchev–Trinajstić information content (AvgIpc) is 1.61. The number of rotatable bonds is 31. The van der Waals surface area contributed by atoms with Crippen LogP contribution in [-0.2, 0) is 79.5 Å². The van der Waals surface area contributed by atoms with Gasteiger partial charge in [0.05, 0.1) is 36.1 Å². The number of esters is 2. The molecular formula is C89H114F9N12O14Si2+. The van der Waals surface area contributed by atoms with Crippen molar-refractivity contribution in [3.05, 3.63) is 145 Å². The molecule has 0 atom stereocenters. The highest BCUT2D eigenvalue weighted by Crippen LogP contribution is 2.44. The molecule has 0 bridgehead atoms. The second kappa shape index (κ2) is 41.4. The number of ether oxygens (including phenoxy) is 10. The van der Waals surface area contributed by atoms with Crippen molar-refractivity contribution in [3.8, 4) is 85.2 Å².